The number of halogens is 1. The van der Waals surface area contributed by atoms with Crippen molar-refractivity contribution in [3.8, 4) is 17.1 Å². The zero-order valence-electron chi connectivity index (χ0n) is 13.7. The number of hydrogen-bond donors (Lipinski definition) is 0. The molecule has 1 aromatic heterocycles. The Morgan fingerprint density at radius 3 is 2.68 bits per heavy atom. The number of hydrogen-bond acceptors (Lipinski definition) is 5. The molecule has 0 spiro atoms. The molecule has 122 valence electrons. The Morgan fingerprint density at radius 1 is 1.24 bits per heavy atom. The summed E-state index contributed by atoms with van der Waals surface area (Å²) in [6.45, 7) is 0. The average molecular weight is 367 g/mol. The number of methoxy groups -OCH3 is 1. The summed E-state index contributed by atoms with van der Waals surface area (Å²) in [5.41, 5.74) is 0.869. The molecule has 0 saturated carbocycles. The Kier molecular flexibility index (Phi) is 6.30. The monoisotopic (exact) mass is 366 g/mol. The second kappa shape index (κ2) is 8.06. The third-order valence-electron chi connectivity index (χ3n) is 3.60. The maximum atomic E-state index is 12.4. The first-order valence-electron chi connectivity index (χ1n) is 7.09. The van der Waals surface area contributed by atoms with Gasteiger partial charge < -0.3 is 19.1 Å². The fourth-order valence-electron chi connectivity index (χ4n) is 2.53. The topological polar surface area (TPSA) is 79.6 Å². The van der Waals surface area contributed by atoms with Gasteiger partial charge in [-0.25, -0.2) is 0 Å². The molecule has 5 nitrogen and oxygen atoms in total. The smallest absolute Gasteiger partial charge is 0.550 e. The van der Waals surface area contributed by atoms with E-state index in [-0.39, 0.29) is 52.8 Å². The maximum Gasteiger partial charge on any atom is 1.00 e. The van der Waals surface area contributed by atoms with Crippen molar-refractivity contribution in [1.29, 1.82) is 0 Å². The molecule has 0 fully saturated rings. The number of rotatable bonds is 4. The first-order chi connectivity index (χ1) is 11.5. The largest absolute Gasteiger partial charge is 1.00 e. The first kappa shape index (κ1) is 19.5. The Bertz CT molecular complexity index is 996. The Hall–Kier alpha value is -1.79. The molecule has 0 aliphatic carbocycles. The molecule has 2 aromatic carbocycles. The average Bonchev–Trinajstić information content (AvgIpc) is 2.54. The number of aliphatic carboxylic acids is 1. The van der Waals surface area contributed by atoms with Gasteiger partial charge in [-0.3, -0.25) is 4.79 Å². The third kappa shape index (κ3) is 4.07. The Balaban J connectivity index is 0.00000225. The summed E-state index contributed by atoms with van der Waals surface area (Å²) in [6.07, 6.45) is -0.346. The molecule has 1 heterocycles. The predicted octanol–water partition coefficient (Wildman–Crippen LogP) is -0.582. The van der Waals surface area contributed by atoms with Crippen LogP contribution in [0.4, 0.5) is 0 Å². The maximum absolute atomic E-state index is 12.4. The zero-order chi connectivity index (χ0) is 17.3. The molecule has 0 amide bonds. The molecule has 0 atom stereocenters. The Labute approximate surface area is 170 Å². The van der Waals surface area contributed by atoms with Crippen LogP contribution in [0.25, 0.3) is 22.3 Å². The van der Waals surface area contributed by atoms with Crippen molar-refractivity contribution in [2.75, 3.05) is 7.11 Å². The van der Waals surface area contributed by atoms with E-state index in [0.717, 1.165) is 0 Å². The van der Waals surface area contributed by atoms with Gasteiger partial charge in [-0.15, -0.1) is 0 Å². The minimum absolute atomic E-state index is 0. The van der Waals surface area contributed by atoms with Gasteiger partial charge in [0.05, 0.1) is 18.1 Å². The number of carboxylic acid groups (broad SMARTS) is 1. The van der Waals surface area contributed by atoms with Crippen LogP contribution < -0.4 is 44.8 Å². The second-order valence-corrected chi connectivity index (χ2v) is 5.60. The van der Waals surface area contributed by atoms with E-state index in [1.54, 1.807) is 36.4 Å². The SMILES string of the molecule is COc1cc(Cl)ccc1-c1cc(=O)c2cccc(CC(=O)[O-])c2o1.[Na+]. The fourth-order valence-corrected chi connectivity index (χ4v) is 2.69. The molecule has 0 N–H and O–H groups in total. The van der Waals surface area contributed by atoms with Crippen LogP contribution in [0, 0.1) is 0 Å². The normalized spacial score (nSPS) is 10.3. The van der Waals surface area contributed by atoms with Crippen LogP contribution in [0.2, 0.25) is 5.02 Å². The van der Waals surface area contributed by atoms with Gasteiger partial charge in [0.2, 0.25) is 0 Å². The molecular weight excluding hydrogens is 355 g/mol. The van der Waals surface area contributed by atoms with Gasteiger partial charge in [-0.05, 0) is 24.3 Å². The van der Waals surface area contributed by atoms with E-state index >= 15 is 0 Å². The summed E-state index contributed by atoms with van der Waals surface area (Å²) in [6, 6.07) is 11.1. The minimum atomic E-state index is -1.25. The van der Waals surface area contributed by atoms with Gasteiger partial charge in [-0.1, -0.05) is 23.7 Å². The molecule has 0 aliphatic rings. The van der Waals surface area contributed by atoms with Gasteiger partial charge in [0.15, 0.2) is 5.43 Å². The van der Waals surface area contributed by atoms with Crippen LogP contribution in [0.1, 0.15) is 5.56 Å². The van der Waals surface area contributed by atoms with E-state index in [1.807, 2.05) is 0 Å². The van der Waals surface area contributed by atoms with Gasteiger partial charge in [0.1, 0.15) is 17.1 Å². The van der Waals surface area contributed by atoms with Crippen LogP contribution in [0.5, 0.6) is 5.75 Å². The molecule has 0 unspecified atom stereocenters. The molecule has 25 heavy (non-hydrogen) atoms. The van der Waals surface area contributed by atoms with Crippen molar-refractivity contribution >= 4 is 28.5 Å². The van der Waals surface area contributed by atoms with E-state index in [0.29, 0.717) is 27.3 Å². The van der Waals surface area contributed by atoms with E-state index in [1.165, 1.54) is 13.2 Å². The van der Waals surface area contributed by atoms with Gasteiger partial charge in [0.25, 0.3) is 0 Å². The number of fused-ring (bicyclic) bond motifs is 1. The summed E-state index contributed by atoms with van der Waals surface area (Å²) >= 11 is 5.95. The number of ether oxygens (including phenoxy) is 1. The van der Waals surface area contributed by atoms with Crippen LogP contribution in [0.3, 0.4) is 0 Å². The molecular formula is C18H12ClNaO5. The molecule has 0 aliphatic heterocycles. The van der Waals surface area contributed by atoms with Crippen molar-refractivity contribution in [3.63, 3.8) is 0 Å². The van der Waals surface area contributed by atoms with Crippen LogP contribution in [-0.2, 0) is 11.2 Å². The number of benzene rings is 2. The summed E-state index contributed by atoms with van der Waals surface area (Å²) in [7, 11) is 1.48. The number of para-hydroxylation sites is 1. The summed E-state index contributed by atoms with van der Waals surface area (Å²) in [4.78, 5) is 23.3. The molecule has 3 rings (SSSR count). The van der Waals surface area contributed by atoms with Crippen LogP contribution >= 0.6 is 11.6 Å². The van der Waals surface area contributed by atoms with Crippen molar-refractivity contribution in [2.24, 2.45) is 0 Å². The number of carbonyl (C=O) groups excluding carboxylic acids is 1. The summed E-state index contributed by atoms with van der Waals surface area (Å²) in [5, 5.41) is 11.7. The van der Waals surface area contributed by atoms with Crippen LogP contribution in [0.15, 0.2) is 51.7 Å². The third-order valence-corrected chi connectivity index (χ3v) is 3.84. The van der Waals surface area contributed by atoms with Crippen molar-refractivity contribution in [3.05, 3.63) is 63.3 Å². The van der Waals surface area contributed by atoms with E-state index < -0.39 is 5.97 Å². The van der Waals surface area contributed by atoms with Gasteiger partial charge in [-0.2, -0.15) is 0 Å². The van der Waals surface area contributed by atoms with Crippen molar-refractivity contribution in [1.82, 2.24) is 0 Å². The number of carboxylic acids is 1. The molecule has 0 saturated heterocycles. The first-order valence-corrected chi connectivity index (χ1v) is 7.47. The predicted molar refractivity (Wildman–Crippen MR) is 88.2 cm³/mol. The number of carbonyl (C=O) groups is 1. The van der Waals surface area contributed by atoms with Gasteiger partial charge in [0, 0.05) is 29.0 Å². The van der Waals surface area contributed by atoms with Crippen LogP contribution in [-0.4, -0.2) is 13.1 Å². The summed E-state index contributed by atoms with van der Waals surface area (Å²) in [5.74, 6) is -0.533. The standard InChI is InChI=1S/C18H13ClO5.Na/c1-23-15-8-11(19)5-6-13(15)16-9-14(20)12-4-2-3-10(7-17(21)22)18(12)24-16;/h2-6,8-9H,7H2,1H3,(H,21,22);/q;+1/p-1. The quantitative estimate of drug-likeness (QED) is 0.577. The molecule has 0 bridgehead atoms. The molecule has 3 aromatic rings. The van der Waals surface area contributed by atoms with E-state index in [9.17, 15) is 14.7 Å². The van der Waals surface area contributed by atoms with Crippen molar-refractivity contribution < 1.29 is 48.6 Å². The van der Waals surface area contributed by atoms with E-state index in [4.69, 9.17) is 20.8 Å². The minimum Gasteiger partial charge on any atom is -0.550 e. The second-order valence-electron chi connectivity index (χ2n) is 5.16. The zero-order valence-corrected chi connectivity index (χ0v) is 16.4. The molecule has 7 heteroatoms. The Morgan fingerprint density at radius 2 is 2.00 bits per heavy atom. The molecule has 0 radical (unpaired) electrons. The summed E-state index contributed by atoms with van der Waals surface area (Å²) < 4.78 is 11.1. The van der Waals surface area contributed by atoms with Crippen molar-refractivity contribution in [2.45, 2.75) is 6.42 Å². The fraction of sp³-hybridized carbons (Fsp3) is 0.111. The van der Waals surface area contributed by atoms with E-state index in [2.05, 4.69) is 0 Å². The van der Waals surface area contributed by atoms with Gasteiger partial charge >= 0.3 is 29.6 Å².